The molecule has 0 unspecified atom stereocenters. The van der Waals surface area contributed by atoms with E-state index < -0.39 is 0 Å². The summed E-state index contributed by atoms with van der Waals surface area (Å²) in [6.45, 7) is 5.65. The van der Waals surface area contributed by atoms with Crippen LogP contribution in [0.3, 0.4) is 0 Å². The third kappa shape index (κ3) is 4.95. The van der Waals surface area contributed by atoms with E-state index in [1.165, 1.54) is 13.4 Å². The van der Waals surface area contributed by atoms with Crippen molar-refractivity contribution in [2.75, 3.05) is 7.11 Å². The molecule has 1 heterocycles. The maximum absolute atomic E-state index is 12.5. The summed E-state index contributed by atoms with van der Waals surface area (Å²) < 4.78 is 12.5. The standard InChI is InChI=1S/C20H22N6O3/c1-13(2)29-18-9-8-16(11-19(18)28-4)20(27)23-22-14(3)15-6-5-7-17(10-15)26-12-21-24-25-26/h5-13H,1-4H3,(H,23,27)/b22-14+. The first-order chi connectivity index (χ1) is 14.0. The van der Waals surface area contributed by atoms with Crippen molar-refractivity contribution >= 4 is 11.6 Å². The molecular formula is C20H22N6O3. The molecule has 0 aliphatic heterocycles. The van der Waals surface area contributed by atoms with Crippen LogP contribution < -0.4 is 14.9 Å². The van der Waals surface area contributed by atoms with Crippen LogP contribution in [0.15, 0.2) is 53.9 Å². The van der Waals surface area contributed by atoms with Crippen molar-refractivity contribution < 1.29 is 14.3 Å². The van der Waals surface area contributed by atoms with Crippen LogP contribution >= 0.6 is 0 Å². The van der Waals surface area contributed by atoms with E-state index in [-0.39, 0.29) is 12.0 Å². The molecule has 0 radical (unpaired) electrons. The van der Waals surface area contributed by atoms with Crippen LogP contribution in [0, 0.1) is 0 Å². The molecule has 2 aromatic carbocycles. The fraction of sp³-hybridized carbons (Fsp3) is 0.250. The lowest BCUT2D eigenvalue weighted by Gasteiger charge is -2.14. The number of ether oxygens (including phenoxy) is 2. The first kappa shape index (κ1) is 20.0. The molecule has 0 aliphatic carbocycles. The Morgan fingerprint density at radius 2 is 1.97 bits per heavy atom. The van der Waals surface area contributed by atoms with Gasteiger partial charge in [-0.1, -0.05) is 12.1 Å². The van der Waals surface area contributed by atoms with Gasteiger partial charge in [0.2, 0.25) is 0 Å². The van der Waals surface area contributed by atoms with Crippen molar-refractivity contribution in [2.45, 2.75) is 26.9 Å². The minimum absolute atomic E-state index is 0.0000993. The Hall–Kier alpha value is -3.75. The number of hydrazone groups is 1. The number of hydrogen-bond donors (Lipinski definition) is 1. The van der Waals surface area contributed by atoms with Crippen molar-refractivity contribution in [1.82, 2.24) is 25.6 Å². The molecule has 29 heavy (non-hydrogen) atoms. The maximum atomic E-state index is 12.5. The summed E-state index contributed by atoms with van der Waals surface area (Å²) in [4.78, 5) is 12.5. The molecule has 0 fully saturated rings. The highest BCUT2D eigenvalue weighted by molar-refractivity contribution is 6.01. The van der Waals surface area contributed by atoms with Gasteiger partial charge < -0.3 is 9.47 Å². The predicted molar refractivity (Wildman–Crippen MR) is 108 cm³/mol. The summed E-state index contributed by atoms with van der Waals surface area (Å²) in [7, 11) is 1.53. The van der Waals surface area contributed by atoms with Gasteiger partial charge in [-0.2, -0.15) is 5.10 Å². The molecule has 0 atom stereocenters. The average Bonchev–Trinajstić information content (AvgIpc) is 3.26. The van der Waals surface area contributed by atoms with E-state index >= 15 is 0 Å². The van der Waals surface area contributed by atoms with Crippen LogP contribution in [0.2, 0.25) is 0 Å². The summed E-state index contributed by atoms with van der Waals surface area (Å²) >= 11 is 0. The summed E-state index contributed by atoms with van der Waals surface area (Å²) in [5, 5.41) is 15.3. The average molecular weight is 394 g/mol. The Bertz CT molecular complexity index is 1010. The Morgan fingerprint density at radius 3 is 2.66 bits per heavy atom. The van der Waals surface area contributed by atoms with E-state index in [9.17, 15) is 4.79 Å². The van der Waals surface area contributed by atoms with Crippen molar-refractivity contribution in [1.29, 1.82) is 0 Å². The Balaban J connectivity index is 1.74. The van der Waals surface area contributed by atoms with Gasteiger partial charge in [-0.15, -0.1) is 5.10 Å². The molecule has 1 N–H and O–H groups in total. The molecule has 0 saturated carbocycles. The highest BCUT2D eigenvalue weighted by Gasteiger charge is 2.12. The van der Waals surface area contributed by atoms with Crippen LogP contribution in [0.4, 0.5) is 0 Å². The second-order valence-electron chi connectivity index (χ2n) is 6.48. The lowest BCUT2D eigenvalue weighted by molar-refractivity contribution is 0.0954. The number of rotatable bonds is 7. The van der Waals surface area contributed by atoms with Crippen molar-refractivity contribution in [3.05, 3.63) is 59.9 Å². The zero-order chi connectivity index (χ0) is 20.8. The van der Waals surface area contributed by atoms with E-state index in [4.69, 9.17) is 9.47 Å². The lowest BCUT2D eigenvalue weighted by Crippen LogP contribution is -2.19. The van der Waals surface area contributed by atoms with E-state index in [0.29, 0.717) is 22.8 Å². The van der Waals surface area contributed by atoms with Crippen molar-refractivity contribution in [3.63, 3.8) is 0 Å². The third-order valence-electron chi connectivity index (χ3n) is 3.99. The number of methoxy groups -OCH3 is 1. The van der Waals surface area contributed by atoms with Gasteiger partial charge in [0.05, 0.1) is 24.6 Å². The van der Waals surface area contributed by atoms with Gasteiger partial charge in [0.15, 0.2) is 11.5 Å². The quantitative estimate of drug-likeness (QED) is 0.488. The summed E-state index contributed by atoms with van der Waals surface area (Å²) in [5.41, 5.74) is 5.24. The van der Waals surface area contributed by atoms with Gasteiger partial charge >= 0.3 is 0 Å². The number of carbonyl (C=O) groups is 1. The van der Waals surface area contributed by atoms with Crippen molar-refractivity contribution in [3.8, 4) is 17.2 Å². The molecule has 0 bridgehead atoms. The van der Waals surface area contributed by atoms with Gasteiger partial charge in [0.25, 0.3) is 5.91 Å². The molecule has 9 nitrogen and oxygen atoms in total. The molecule has 0 aliphatic rings. The van der Waals surface area contributed by atoms with Crippen LogP contribution in [-0.2, 0) is 0 Å². The Labute approximate surface area is 168 Å². The smallest absolute Gasteiger partial charge is 0.271 e. The van der Waals surface area contributed by atoms with Crippen LogP contribution in [0.5, 0.6) is 11.5 Å². The van der Waals surface area contributed by atoms with Crippen LogP contribution in [-0.4, -0.2) is 45.0 Å². The maximum Gasteiger partial charge on any atom is 0.271 e. The van der Waals surface area contributed by atoms with Gasteiger partial charge in [0.1, 0.15) is 6.33 Å². The summed E-state index contributed by atoms with van der Waals surface area (Å²) in [5.74, 6) is 0.717. The number of nitrogens with one attached hydrogen (secondary N) is 1. The number of amides is 1. The Morgan fingerprint density at radius 1 is 1.14 bits per heavy atom. The van der Waals surface area contributed by atoms with Crippen LogP contribution in [0.1, 0.15) is 36.7 Å². The predicted octanol–water partition coefficient (Wildman–Crippen LogP) is 2.61. The molecule has 3 aromatic rings. The largest absolute Gasteiger partial charge is 0.493 e. The molecule has 0 spiro atoms. The number of tetrazole rings is 1. The molecule has 1 aromatic heterocycles. The van der Waals surface area contributed by atoms with E-state index in [1.807, 2.05) is 38.1 Å². The minimum Gasteiger partial charge on any atom is -0.493 e. The summed E-state index contributed by atoms with van der Waals surface area (Å²) in [6, 6.07) is 12.5. The normalized spacial score (nSPS) is 11.4. The van der Waals surface area contributed by atoms with E-state index in [2.05, 4.69) is 26.1 Å². The molecule has 1 amide bonds. The summed E-state index contributed by atoms with van der Waals surface area (Å²) in [6.07, 6.45) is 1.51. The molecule has 3 rings (SSSR count). The fourth-order valence-corrected chi connectivity index (χ4v) is 2.58. The van der Waals surface area contributed by atoms with E-state index in [1.54, 1.807) is 29.8 Å². The number of nitrogens with zero attached hydrogens (tertiary/aromatic N) is 5. The lowest BCUT2D eigenvalue weighted by atomic mass is 10.1. The second kappa shape index (κ2) is 8.96. The molecular weight excluding hydrogens is 372 g/mol. The highest BCUT2D eigenvalue weighted by Crippen LogP contribution is 2.29. The van der Waals surface area contributed by atoms with Crippen molar-refractivity contribution in [2.24, 2.45) is 5.10 Å². The topological polar surface area (TPSA) is 104 Å². The zero-order valence-corrected chi connectivity index (χ0v) is 16.7. The fourth-order valence-electron chi connectivity index (χ4n) is 2.58. The first-order valence-electron chi connectivity index (χ1n) is 9.01. The van der Waals surface area contributed by atoms with E-state index in [0.717, 1.165) is 11.3 Å². The number of benzene rings is 2. The van der Waals surface area contributed by atoms with Gasteiger partial charge in [-0.05, 0) is 67.1 Å². The second-order valence-corrected chi connectivity index (χ2v) is 6.48. The molecule has 0 saturated heterocycles. The monoisotopic (exact) mass is 394 g/mol. The minimum atomic E-state index is -0.352. The number of carbonyl (C=O) groups excluding carboxylic acids is 1. The zero-order valence-electron chi connectivity index (χ0n) is 16.7. The van der Waals surface area contributed by atoms with Gasteiger partial charge in [-0.3, -0.25) is 4.79 Å². The van der Waals surface area contributed by atoms with Gasteiger partial charge in [0, 0.05) is 5.56 Å². The molecule has 9 heteroatoms. The molecule has 150 valence electrons. The van der Waals surface area contributed by atoms with Gasteiger partial charge in [-0.25, -0.2) is 10.1 Å². The third-order valence-corrected chi connectivity index (χ3v) is 3.99. The highest BCUT2D eigenvalue weighted by atomic mass is 16.5. The number of aromatic nitrogens is 4. The van der Waals surface area contributed by atoms with Crippen LogP contribution in [0.25, 0.3) is 5.69 Å². The first-order valence-corrected chi connectivity index (χ1v) is 9.01. The Kier molecular flexibility index (Phi) is 6.18. The number of hydrogen-bond acceptors (Lipinski definition) is 7. The SMILES string of the molecule is COc1cc(C(=O)N/N=C(\C)c2cccc(-n3cnnn3)c2)ccc1OC(C)C.